The van der Waals surface area contributed by atoms with Gasteiger partial charge in [-0.05, 0) is 37.8 Å². The summed E-state index contributed by atoms with van der Waals surface area (Å²) < 4.78 is 18.1. The molecule has 3 rings (SSSR count). The Bertz CT molecular complexity index is 438. The van der Waals surface area contributed by atoms with Gasteiger partial charge in [0.2, 0.25) is 0 Å². The second-order valence-electron chi connectivity index (χ2n) is 5.01. The van der Waals surface area contributed by atoms with Gasteiger partial charge in [0.05, 0.1) is 7.11 Å². The minimum atomic E-state index is -0.308. The highest BCUT2D eigenvalue weighted by Crippen LogP contribution is 2.26. The lowest BCUT2D eigenvalue weighted by molar-refractivity contribution is -0.123. The second kappa shape index (κ2) is 6.55. The molecule has 0 spiro atoms. The minimum Gasteiger partial charge on any atom is -0.494 e. The molecule has 0 amide bonds. The molecule has 0 atom stereocenters. The van der Waals surface area contributed by atoms with Gasteiger partial charge in [-0.15, -0.1) is 0 Å². The summed E-state index contributed by atoms with van der Waals surface area (Å²) in [6.07, 6.45) is 6.48. The number of hydrogen-bond acceptors (Lipinski definition) is 3. The number of benzene rings is 1. The lowest BCUT2D eigenvalue weighted by Gasteiger charge is -2.27. The van der Waals surface area contributed by atoms with E-state index in [9.17, 15) is 9.18 Å². The largest absolute Gasteiger partial charge is 0.494 e. The van der Waals surface area contributed by atoms with E-state index in [4.69, 9.17) is 4.74 Å². The molecule has 104 valence electrons. The fraction of sp³-hybridized carbons (Fsp3) is 0.533. The molecule has 0 bridgehead atoms. The number of halogens is 1. The first-order valence-corrected chi connectivity index (χ1v) is 6.81. The Balaban J connectivity index is 0.000000224. The van der Waals surface area contributed by atoms with Crippen LogP contribution in [-0.4, -0.2) is 18.9 Å². The number of hydrogen-bond donors (Lipinski definition) is 1. The topological polar surface area (TPSA) is 38.3 Å². The Kier molecular flexibility index (Phi) is 4.77. The van der Waals surface area contributed by atoms with Crippen LogP contribution in [-0.2, 0) is 4.79 Å². The molecular weight excluding hydrogens is 245 g/mol. The molecule has 2 aliphatic rings. The third-order valence-corrected chi connectivity index (χ3v) is 3.54. The molecule has 0 aromatic heterocycles. The molecule has 0 radical (unpaired) electrons. The Labute approximate surface area is 113 Å². The van der Waals surface area contributed by atoms with Crippen molar-refractivity contribution in [1.29, 1.82) is 0 Å². The molecule has 0 aliphatic heterocycles. The van der Waals surface area contributed by atoms with Crippen LogP contribution in [0.4, 0.5) is 10.1 Å². The van der Waals surface area contributed by atoms with E-state index in [1.54, 1.807) is 6.07 Å². The van der Waals surface area contributed by atoms with Gasteiger partial charge in [-0.1, -0.05) is 0 Å². The molecule has 1 aromatic rings. The summed E-state index contributed by atoms with van der Waals surface area (Å²) in [5, 5.41) is 3.27. The average Bonchev–Trinajstić information content (AvgIpc) is 2.32. The third-order valence-electron chi connectivity index (χ3n) is 3.54. The number of anilines is 1. The zero-order chi connectivity index (χ0) is 13.7. The van der Waals surface area contributed by atoms with Crippen LogP contribution in [0.1, 0.15) is 38.5 Å². The van der Waals surface area contributed by atoms with Gasteiger partial charge in [0.1, 0.15) is 5.78 Å². The van der Waals surface area contributed by atoms with E-state index in [2.05, 4.69) is 5.32 Å². The molecule has 1 aromatic carbocycles. The maximum atomic E-state index is 13.3. The smallest absolute Gasteiger partial charge is 0.167 e. The summed E-state index contributed by atoms with van der Waals surface area (Å²) in [5.41, 5.74) is 0.841. The maximum Gasteiger partial charge on any atom is 0.167 e. The number of ketones is 1. The molecule has 2 fully saturated rings. The van der Waals surface area contributed by atoms with E-state index in [1.165, 1.54) is 32.4 Å². The Morgan fingerprint density at radius 1 is 1.26 bits per heavy atom. The maximum absolute atomic E-state index is 13.3. The van der Waals surface area contributed by atoms with E-state index >= 15 is 0 Å². The van der Waals surface area contributed by atoms with Crippen LogP contribution in [0.25, 0.3) is 0 Å². The van der Waals surface area contributed by atoms with Crippen LogP contribution in [0, 0.1) is 5.82 Å². The van der Waals surface area contributed by atoms with Crippen LogP contribution < -0.4 is 10.1 Å². The van der Waals surface area contributed by atoms with Crippen molar-refractivity contribution in [3.05, 3.63) is 24.0 Å². The van der Waals surface area contributed by atoms with E-state index in [0.717, 1.165) is 24.9 Å². The summed E-state index contributed by atoms with van der Waals surface area (Å²) in [6, 6.07) is 5.51. The SMILES string of the molecule is COc1ccc(NC2CCC2)cc1F.O=C1CCC1. The molecule has 4 heteroatoms. The molecule has 3 nitrogen and oxygen atoms in total. The van der Waals surface area contributed by atoms with Crippen LogP contribution in [0.2, 0.25) is 0 Å². The van der Waals surface area contributed by atoms with Crippen LogP contribution in [0.5, 0.6) is 5.75 Å². The molecule has 0 unspecified atom stereocenters. The summed E-state index contributed by atoms with van der Waals surface area (Å²) in [6.45, 7) is 0. The second-order valence-corrected chi connectivity index (χ2v) is 5.01. The van der Waals surface area contributed by atoms with E-state index < -0.39 is 0 Å². The van der Waals surface area contributed by atoms with Crippen molar-refractivity contribution < 1.29 is 13.9 Å². The van der Waals surface area contributed by atoms with Crippen molar-refractivity contribution >= 4 is 11.5 Å². The van der Waals surface area contributed by atoms with Crippen molar-refractivity contribution in [2.45, 2.75) is 44.6 Å². The van der Waals surface area contributed by atoms with Crippen molar-refractivity contribution in [3.8, 4) is 5.75 Å². The van der Waals surface area contributed by atoms with Crippen molar-refractivity contribution in [2.24, 2.45) is 0 Å². The van der Waals surface area contributed by atoms with Crippen LogP contribution in [0.15, 0.2) is 18.2 Å². The summed E-state index contributed by atoms with van der Waals surface area (Å²) in [5.74, 6) is 0.422. The Hall–Kier alpha value is -1.58. The first-order chi connectivity index (χ1) is 9.19. The van der Waals surface area contributed by atoms with Crippen molar-refractivity contribution in [2.75, 3.05) is 12.4 Å². The van der Waals surface area contributed by atoms with Gasteiger partial charge in [-0.3, -0.25) is 4.79 Å². The van der Waals surface area contributed by atoms with Gasteiger partial charge in [0.15, 0.2) is 11.6 Å². The summed E-state index contributed by atoms with van der Waals surface area (Å²) in [7, 11) is 1.47. The predicted molar refractivity (Wildman–Crippen MR) is 73.1 cm³/mol. The molecule has 0 heterocycles. The third kappa shape index (κ3) is 3.94. The first-order valence-electron chi connectivity index (χ1n) is 6.81. The van der Waals surface area contributed by atoms with Crippen molar-refractivity contribution in [1.82, 2.24) is 0 Å². The van der Waals surface area contributed by atoms with Crippen LogP contribution in [0.3, 0.4) is 0 Å². The zero-order valence-corrected chi connectivity index (χ0v) is 11.2. The first kappa shape index (κ1) is 13.8. The van der Waals surface area contributed by atoms with E-state index in [1.807, 2.05) is 6.07 Å². The van der Waals surface area contributed by atoms with Crippen molar-refractivity contribution in [3.63, 3.8) is 0 Å². The van der Waals surface area contributed by atoms with Crippen LogP contribution >= 0.6 is 0 Å². The fourth-order valence-electron chi connectivity index (χ4n) is 1.87. The molecule has 2 saturated carbocycles. The number of rotatable bonds is 3. The lowest BCUT2D eigenvalue weighted by Crippen LogP contribution is -2.26. The number of methoxy groups -OCH3 is 1. The number of nitrogens with one attached hydrogen (secondary N) is 1. The molecule has 2 aliphatic carbocycles. The quantitative estimate of drug-likeness (QED) is 0.908. The highest BCUT2D eigenvalue weighted by Gasteiger charge is 2.17. The average molecular weight is 265 g/mol. The molecule has 0 saturated heterocycles. The normalized spacial score (nSPS) is 17.7. The molecule has 1 N–H and O–H groups in total. The van der Waals surface area contributed by atoms with Gasteiger partial charge >= 0.3 is 0 Å². The molecule has 19 heavy (non-hydrogen) atoms. The monoisotopic (exact) mass is 265 g/mol. The highest BCUT2D eigenvalue weighted by molar-refractivity contribution is 5.83. The lowest BCUT2D eigenvalue weighted by atomic mass is 9.93. The standard InChI is InChI=1S/C11H14FNO.C4H6O/c1-14-11-6-5-9(7-10(11)12)13-8-3-2-4-8;5-4-2-1-3-4/h5-8,13H,2-4H2,1H3;1-3H2. The highest BCUT2D eigenvalue weighted by atomic mass is 19.1. The van der Waals surface area contributed by atoms with Gasteiger partial charge in [-0.2, -0.15) is 0 Å². The van der Waals surface area contributed by atoms with Gasteiger partial charge in [0, 0.05) is 30.6 Å². The van der Waals surface area contributed by atoms with Gasteiger partial charge in [-0.25, -0.2) is 4.39 Å². The number of carbonyl (C=O) groups excluding carboxylic acids is 1. The summed E-state index contributed by atoms with van der Waals surface area (Å²) >= 11 is 0. The number of ether oxygens (including phenoxy) is 1. The number of carbonyl (C=O) groups is 1. The number of Topliss-reactive ketones (excluding diaryl/α,β-unsaturated/α-hetero) is 1. The minimum absolute atomic E-state index is 0.296. The van der Waals surface area contributed by atoms with E-state index in [-0.39, 0.29) is 5.82 Å². The molecular formula is C15H20FNO2. The predicted octanol–water partition coefficient (Wildman–Crippen LogP) is 3.54. The fourth-order valence-corrected chi connectivity index (χ4v) is 1.87. The Morgan fingerprint density at radius 3 is 2.32 bits per heavy atom. The summed E-state index contributed by atoms with van der Waals surface area (Å²) in [4.78, 5) is 9.90. The van der Waals surface area contributed by atoms with Gasteiger partial charge < -0.3 is 10.1 Å². The Morgan fingerprint density at radius 2 is 1.95 bits per heavy atom. The van der Waals surface area contributed by atoms with Gasteiger partial charge in [0.25, 0.3) is 0 Å². The zero-order valence-electron chi connectivity index (χ0n) is 11.2. The van der Waals surface area contributed by atoms with E-state index in [0.29, 0.717) is 17.6 Å².